The van der Waals surface area contributed by atoms with Gasteiger partial charge in [0, 0.05) is 5.57 Å². The van der Waals surface area contributed by atoms with Gasteiger partial charge in [-0.15, -0.1) is 0 Å². The third kappa shape index (κ3) is 2.76. The molecule has 23 heavy (non-hydrogen) atoms. The zero-order chi connectivity index (χ0) is 17.4. The van der Waals surface area contributed by atoms with Crippen molar-refractivity contribution in [3.8, 4) is 11.8 Å². The quantitative estimate of drug-likeness (QED) is 0.492. The molecule has 6 heteroatoms. The molecule has 0 N–H and O–H groups in total. The van der Waals surface area contributed by atoms with Crippen molar-refractivity contribution in [2.75, 3.05) is 0 Å². The van der Waals surface area contributed by atoms with Crippen LogP contribution in [0, 0.1) is 30.4 Å². The maximum absolute atomic E-state index is 13.9. The van der Waals surface area contributed by atoms with E-state index in [0.29, 0.717) is 0 Å². The molecule has 0 aromatic heterocycles. The summed E-state index contributed by atoms with van der Waals surface area (Å²) in [6, 6.07) is 2.33. The molecule has 1 aromatic rings. The van der Waals surface area contributed by atoms with Gasteiger partial charge in [-0.1, -0.05) is 30.9 Å². The molecule has 1 aliphatic rings. The minimum absolute atomic E-state index is 0.0253. The molecule has 2 rings (SSSR count). The number of allylic oxidation sites excluding steroid dienone is 4. The fourth-order valence-corrected chi connectivity index (χ4v) is 2.10. The highest BCUT2D eigenvalue weighted by Gasteiger charge is 2.61. The highest BCUT2D eigenvalue weighted by Crippen LogP contribution is 2.47. The van der Waals surface area contributed by atoms with E-state index in [0.717, 1.165) is 18.2 Å². The van der Waals surface area contributed by atoms with Crippen LogP contribution in [0.15, 0.2) is 35.4 Å². The van der Waals surface area contributed by atoms with Crippen LogP contribution in [-0.2, 0) is 0 Å². The van der Waals surface area contributed by atoms with Crippen molar-refractivity contribution in [2.45, 2.75) is 32.1 Å². The van der Waals surface area contributed by atoms with E-state index in [-0.39, 0.29) is 12.0 Å². The van der Waals surface area contributed by atoms with Crippen molar-refractivity contribution < 1.29 is 26.3 Å². The van der Waals surface area contributed by atoms with E-state index in [1.54, 1.807) is 0 Å². The van der Waals surface area contributed by atoms with E-state index in [2.05, 4.69) is 0 Å². The van der Waals surface area contributed by atoms with Crippen LogP contribution in [-0.4, -0.2) is 11.8 Å². The Morgan fingerprint density at radius 1 is 0.913 bits per heavy atom. The van der Waals surface area contributed by atoms with Crippen LogP contribution in [0.1, 0.15) is 24.5 Å². The van der Waals surface area contributed by atoms with Gasteiger partial charge in [-0.3, -0.25) is 0 Å². The van der Waals surface area contributed by atoms with Gasteiger partial charge in [-0.25, -0.2) is 8.78 Å². The summed E-state index contributed by atoms with van der Waals surface area (Å²) in [7, 11) is 0. The summed E-state index contributed by atoms with van der Waals surface area (Å²) in [5.41, 5.74) is -2.30. The van der Waals surface area contributed by atoms with Gasteiger partial charge in [0.25, 0.3) is 0 Å². The Morgan fingerprint density at radius 3 is 2.17 bits per heavy atom. The molecule has 0 spiro atoms. The summed E-state index contributed by atoms with van der Waals surface area (Å²) in [5.74, 6) is -7.47. The van der Waals surface area contributed by atoms with Gasteiger partial charge in [-0.2, -0.15) is 17.6 Å². The van der Waals surface area contributed by atoms with Crippen LogP contribution >= 0.6 is 0 Å². The van der Waals surface area contributed by atoms with Gasteiger partial charge in [-0.05, 0) is 31.1 Å². The van der Waals surface area contributed by atoms with Gasteiger partial charge in [0.15, 0.2) is 11.6 Å². The van der Waals surface area contributed by atoms with E-state index in [1.165, 1.54) is 19.9 Å². The first-order valence-electron chi connectivity index (χ1n) is 6.77. The van der Waals surface area contributed by atoms with E-state index in [1.807, 2.05) is 11.8 Å². The van der Waals surface area contributed by atoms with Gasteiger partial charge < -0.3 is 0 Å². The van der Waals surface area contributed by atoms with Crippen LogP contribution in [0.5, 0.6) is 0 Å². The molecule has 1 aromatic carbocycles. The fourth-order valence-electron chi connectivity index (χ4n) is 2.10. The Morgan fingerprint density at radius 2 is 1.57 bits per heavy atom. The molecule has 122 valence electrons. The summed E-state index contributed by atoms with van der Waals surface area (Å²) < 4.78 is 82.3. The molecule has 1 aliphatic carbocycles. The lowest BCUT2D eigenvalue weighted by Gasteiger charge is -2.30. The van der Waals surface area contributed by atoms with Gasteiger partial charge in [0.1, 0.15) is 0 Å². The molecule has 0 unspecified atom stereocenters. The zero-order valence-corrected chi connectivity index (χ0v) is 12.3. The second kappa shape index (κ2) is 5.80. The summed E-state index contributed by atoms with van der Waals surface area (Å²) in [6.07, 6.45) is 1.43. The third-order valence-corrected chi connectivity index (χ3v) is 3.58. The minimum atomic E-state index is -4.50. The molecule has 0 bridgehead atoms. The number of aryl methyl sites for hydroxylation is 1. The highest BCUT2D eigenvalue weighted by atomic mass is 19.3. The monoisotopic (exact) mass is 330 g/mol. The van der Waals surface area contributed by atoms with Gasteiger partial charge in [0.2, 0.25) is 0 Å². The Bertz CT molecular complexity index is 759. The molecule has 0 fully saturated rings. The van der Waals surface area contributed by atoms with Crippen molar-refractivity contribution in [2.24, 2.45) is 0 Å². The van der Waals surface area contributed by atoms with E-state index < -0.39 is 40.2 Å². The number of hydrogen-bond donors (Lipinski definition) is 0. The maximum atomic E-state index is 13.9. The minimum Gasteiger partial charge on any atom is -0.203 e. The first-order chi connectivity index (χ1) is 10.6. The van der Waals surface area contributed by atoms with Crippen LogP contribution in [0.4, 0.5) is 26.3 Å². The molecule has 0 nitrogen and oxygen atoms in total. The Labute approximate surface area is 129 Å². The maximum Gasteiger partial charge on any atom is 0.346 e. The molecule has 0 heterocycles. The van der Waals surface area contributed by atoms with Crippen molar-refractivity contribution in [3.63, 3.8) is 0 Å². The largest absolute Gasteiger partial charge is 0.346 e. The Hall–Kier alpha value is -2.16. The zero-order valence-electron chi connectivity index (χ0n) is 12.3. The molecule has 0 saturated heterocycles. The molecule has 0 saturated carbocycles. The molecule has 0 amide bonds. The van der Waals surface area contributed by atoms with E-state index >= 15 is 0 Å². The number of rotatable bonds is 1. The standard InChI is InChI=1S/C17H12F6/c1-3-12-8-9-13(17(22,23)16(12,20)21)7-6-11-5-4-10(2)14(18)15(11)19/h4-5,8-9H,3H2,1-2H3. The molecular formula is C17H12F6. The number of benzene rings is 1. The lowest BCUT2D eigenvalue weighted by atomic mass is 9.89. The van der Waals surface area contributed by atoms with Gasteiger partial charge in [0.05, 0.1) is 11.1 Å². The first-order valence-corrected chi connectivity index (χ1v) is 6.77. The average Bonchev–Trinajstić information content (AvgIpc) is 2.48. The average molecular weight is 330 g/mol. The van der Waals surface area contributed by atoms with Crippen LogP contribution in [0.3, 0.4) is 0 Å². The number of halogens is 6. The topological polar surface area (TPSA) is 0 Å². The molecular weight excluding hydrogens is 318 g/mol. The van der Waals surface area contributed by atoms with Gasteiger partial charge >= 0.3 is 11.8 Å². The molecule has 0 aliphatic heterocycles. The van der Waals surface area contributed by atoms with E-state index in [4.69, 9.17) is 0 Å². The van der Waals surface area contributed by atoms with Crippen molar-refractivity contribution in [3.05, 3.63) is 58.2 Å². The van der Waals surface area contributed by atoms with E-state index in [9.17, 15) is 26.3 Å². The van der Waals surface area contributed by atoms with Crippen molar-refractivity contribution >= 4 is 0 Å². The SMILES string of the molecule is CCC1=CC=C(C#Cc2ccc(C)c(F)c2F)C(F)(F)C1(F)F. The fraction of sp³-hybridized carbons (Fsp3) is 0.294. The van der Waals surface area contributed by atoms with Crippen molar-refractivity contribution in [1.29, 1.82) is 0 Å². The van der Waals surface area contributed by atoms with Crippen LogP contribution < -0.4 is 0 Å². The summed E-state index contributed by atoms with van der Waals surface area (Å²) >= 11 is 0. The second-order valence-electron chi connectivity index (χ2n) is 5.08. The lowest BCUT2D eigenvalue weighted by molar-refractivity contribution is -0.161. The molecule has 0 atom stereocenters. The first kappa shape index (κ1) is 17.2. The predicted octanol–water partition coefficient (Wildman–Crippen LogP) is 5.17. The second-order valence-corrected chi connectivity index (χ2v) is 5.08. The summed E-state index contributed by atoms with van der Waals surface area (Å²) in [5, 5.41) is 0. The number of hydrogen-bond acceptors (Lipinski definition) is 0. The normalized spacial score (nSPS) is 18.6. The van der Waals surface area contributed by atoms with Crippen molar-refractivity contribution in [1.82, 2.24) is 0 Å². The smallest absolute Gasteiger partial charge is 0.203 e. The number of alkyl halides is 4. The highest BCUT2D eigenvalue weighted by molar-refractivity contribution is 5.50. The summed E-state index contributed by atoms with van der Waals surface area (Å²) in [6.45, 7) is 2.66. The van der Waals surface area contributed by atoms with Crippen LogP contribution in [0.25, 0.3) is 0 Å². The Balaban J connectivity index is 2.48. The predicted molar refractivity (Wildman–Crippen MR) is 74.3 cm³/mol. The third-order valence-electron chi connectivity index (χ3n) is 3.58. The lowest BCUT2D eigenvalue weighted by Crippen LogP contribution is -2.44. The Kier molecular flexibility index (Phi) is 4.34. The molecule has 0 radical (unpaired) electrons. The summed E-state index contributed by atoms with van der Waals surface area (Å²) in [4.78, 5) is 0. The van der Waals surface area contributed by atoms with Crippen LogP contribution in [0.2, 0.25) is 0 Å².